The zero-order chi connectivity index (χ0) is 29.7. The summed E-state index contributed by atoms with van der Waals surface area (Å²) in [7, 11) is 1.59. The van der Waals surface area contributed by atoms with Gasteiger partial charge in [-0.15, -0.1) is 0 Å². The number of nitrogens with zero attached hydrogens (tertiary/aromatic N) is 2. The number of imide groups is 1. The lowest BCUT2D eigenvalue weighted by atomic mass is 9.87. The number of carbonyl (C=O) groups excluding carboxylic acids is 3. The number of aryl methyl sites for hydroxylation is 1. The predicted molar refractivity (Wildman–Crippen MR) is 164 cm³/mol. The fraction of sp³-hybridized carbons (Fsp3) is 0.171. The van der Waals surface area contributed by atoms with Gasteiger partial charge < -0.3 is 15.0 Å². The average Bonchev–Trinajstić information content (AvgIpc) is 3.53. The minimum Gasteiger partial charge on any atom is -0.496 e. The molecule has 4 aromatic carbocycles. The molecule has 7 rings (SSSR count). The van der Waals surface area contributed by atoms with E-state index in [9.17, 15) is 14.4 Å². The molecule has 0 saturated carbocycles. The third-order valence-corrected chi connectivity index (χ3v) is 8.55. The van der Waals surface area contributed by atoms with E-state index in [0.717, 1.165) is 38.9 Å². The molecule has 2 atom stereocenters. The SMILES string of the molecule is COc1ccccc1CNC(=O)c1ccc(N2C(=O)C3Cc4c([nH]c5ccccc45)C(c4ccccc4C)N3C2=O)cc1. The van der Waals surface area contributed by atoms with Crippen LogP contribution >= 0.6 is 0 Å². The lowest BCUT2D eigenvalue weighted by molar-refractivity contribution is -0.120. The third kappa shape index (κ3) is 4.34. The van der Waals surface area contributed by atoms with Crippen molar-refractivity contribution in [3.8, 4) is 5.75 Å². The van der Waals surface area contributed by atoms with Crippen LogP contribution in [0.3, 0.4) is 0 Å². The van der Waals surface area contributed by atoms with E-state index >= 15 is 0 Å². The highest BCUT2D eigenvalue weighted by Gasteiger charge is 2.53. The fourth-order valence-corrected chi connectivity index (χ4v) is 6.42. The topological polar surface area (TPSA) is 94.7 Å². The number of para-hydroxylation sites is 2. The van der Waals surface area contributed by atoms with Crippen molar-refractivity contribution in [2.75, 3.05) is 12.0 Å². The molecule has 2 aliphatic rings. The second kappa shape index (κ2) is 10.5. The monoisotopic (exact) mass is 570 g/mol. The molecule has 4 amide bonds. The number of carbonyl (C=O) groups is 3. The number of methoxy groups -OCH3 is 1. The van der Waals surface area contributed by atoms with E-state index in [0.29, 0.717) is 30.0 Å². The summed E-state index contributed by atoms with van der Waals surface area (Å²) in [5.74, 6) is 0.163. The third-order valence-electron chi connectivity index (χ3n) is 8.55. The van der Waals surface area contributed by atoms with Gasteiger partial charge in [0.05, 0.1) is 12.8 Å². The molecule has 0 radical (unpaired) electrons. The summed E-state index contributed by atoms with van der Waals surface area (Å²) in [6, 6.07) is 28.7. The first-order valence-electron chi connectivity index (χ1n) is 14.3. The van der Waals surface area contributed by atoms with Gasteiger partial charge in [0.15, 0.2) is 0 Å². The predicted octanol–water partition coefficient (Wildman–Crippen LogP) is 5.90. The highest BCUT2D eigenvalue weighted by Crippen LogP contribution is 2.45. The van der Waals surface area contributed by atoms with Gasteiger partial charge in [-0.2, -0.15) is 0 Å². The number of hydrogen-bond donors (Lipinski definition) is 2. The summed E-state index contributed by atoms with van der Waals surface area (Å²) in [5, 5.41) is 3.98. The number of fused-ring (bicyclic) bond motifs is 4. The zero-order valence-electron chi connectivity index (χ0n) is 23.8. The average molecular weight is 571 g/mol. The normalized spacial score (nSPS) is 17.6. The van der Waals surface area contributed by atoms with Crippen molar-refractivity contribution >= 4 is 34.4 Å². The van der Waals surface area contributed by atoms with Gasteiger partial charge in [-0.3, -0.25) is 14.5 Å². The minimum atomic E-state index is -0.646. The molecule has 2 aliphatic heterocycles. The van der Waals surface area contributed by atoms with E-state index in [2.05, 4.69) is 16.4 Å². The standard InChI is InChI=1S/C35H30N4O4/c1-21-9-3-5-11-25(21)32-31-27(26-12-6-7-13-28(26)37-31)19-29-34(41)38(35(42)39(29)32)24-17-15-22(16-18-24)33(40)36-20-23-10-4-8-14-30(23)43-2/h3-18,29,32,37H,19-20H2,1-2H3,(H,36,40). The second-order valence-corrected chi connectivity index (χ2v) is 10.9. The Labute approximate surface area is 248 Å². The van der Waals surface area contributed by atoms with Crippen LogP contribution in [0.15, 0.2) is 97.1 Å². The number of aromatic nitrogens is 1. The Balaban J connectivity index is 1.19. The number of amides is 4. The molecule has 0 aliphatic carbocycles. The zero-order valence-corrected chi connectivity index (χ0v) is 23.8. The number of rotatable bonds is 6. The van der Waals surface area contributed by atoms with Crippen LogP contribution in [0.4, 0.5) is 10.5 Å². The largest absolute Gasteiger partial charge is 0.496 e. The molecule has 8 heteroatoms. The van der Waals surface area contributed by atoms with Gasteiger partial charge in [0.25, 0.3) is 11.8 Å². The Hall–Kier alpha value is -5.37. The first-order chi connectivity index (χ1) is 21.0. The number of hydrogen-bond acceptors (Lipinski definition) is 4. The maximum Gasteiger partial charge on any atom is 0.332 e. The van der Waals surface area contributed by atoms with Crippen LogP contribution in [0.5, 0.6) is 5.75 Å². The molecule has 2 unspecified atom stereocenters. The molecule has 1 aromatic heterocycles. The molecule has 0 spiro atoms. The second-order valence-electron chi connectivity index (χ2n) is 10.9. The van der Waals surface area contributed by atoms with Gasteiger partial charge in [-0.25, -0.2) is 9.69 Å². The first kappa shape index (κ1) is 26.5. The summed E-state index contributed by atoms with van der Waals surface area (Å²) < 4.78 is 5.37. The van der Waals surface area contributed by atoms with Gasteiger partial charge in [0.2, 0.25) is 0 Å². The van der Waals surface area contributed by atoms with Crippen molar-refractivity contribution in [3.63, 3.8) is 0 Å². The molecule has 8 nitrogen and oxygen atoms in total. The Bertz CT molecular complexity index is 1890. The lowest BCUT2D eigenvalue weighted by Crippen LogP contribution is -2.44. The van der Waals surface area contributed by atoms with Crippen LogP contribution in [0.2, 0.25) is 0 Å². The maximum atomic E-state index is 14.1. The van der Waals surface area contributed by atoms with Crippen LogP contribution in [0.25, 0.3) is 10.9 Å². The van der Waals surface area contributed by atoms with Gasteiger partial charge >= 0.3 is 6.03 Å². The Morgan fingerprint density at radius 1 is 0.930 bits per heavy atom. The summed E-state index contributed by atoms with van der Waals surface area (Å²) >= 11 is 0. The first-order valence-corrected chi connectivity index (χ1v) is 14.3. The fourth-order valence-electron chi connectivity index (χ4n) is 6.42. The van der Waals surface area contributed by atoms with E-state index in [1.165, 1.54) is 4.90 Å². The number of anilines is 1. The quantitative estimate of drug-likeness (QED) is 0.249. The van der Waals surface area contributed by atoms with E-state index in [1.54, 1.807) is 36.3 Å². The molecule has 43 heavy (non-hydrogen) atoms. The van der Waals surface area contributed by atoms with Crippen molar-refractivity contribution in [2.24, 2.45) is 0 Å². The Morgan fingerprint density at radius 3 is 2.44 bits per heavy atom. The molecular weight excluding hydrogens is 540 g/mol. The van der Waals surface area contributed by atoms with Gasteiger partial charge in [0.1, 0.15) is 17.8 Å². The van der Waals surface area contributed by atoms with E-state index in [-0.39, 0.29) is 17.8 Å². The lowest BCUT2D eigenvalue weighted by Gasteiger charge is -2.36. The molecule has 1 saturated heterocycles. The summed E-state index contributed by atoms with van der Waals surface area (Å²) in [5.41, 5.74) is 6.73. The molecular formula is C35H30N4O4. The van der Waals surface area contributed by atoms with Crippen LogP contribution in [-0.2, 0) is 17.8 Å². The van der Waals surface area contributed by atoms with Crippen molar-refractivity contribution in [3.05, 3.63) is 131 Å². The molecule has 2 N–H and O–H groups in total. The summed E-state index contributed by atoms with van der Waals surface area (Å²) in [4.78, 5) is 47.6. The number of aromatic amines is 1. The maximum absolute atomic E-state index is 14.1. The molecule has 5 aromatic rings. The summed E-state index contributed by atoms with van der Waals surface area (Å²) in [6.45, 7) is 2.33. The minimum absolute atomic E-state index is 0.265. The van der Waals surface area contributed by atoms with Crippen molar-refractivity contribution in [2.45, 2.75) is 32.0 Å². The highest BCUT2D eigenvalue weighted by molar-refractivity contribution is 6.22. The van der Waals surface area contributed by atoms with E-state index in [1.807, 2.05) is 73.7 Å². The van der Waals surface area contributed by atoms with Crippen LogP contribution in [-0.4, -0.2) is 40.9 Å². The Morgan fingerprint density at radius 2 is 1.65 bits per heavy atom. The summed E-state index contributed by atoms with van der Waals surface area (Å²) in [6.07, 6.45) is 0.423. The number of benzene rings is 4. The Kier molecular flexibility index (Phi) is 6.46. The molecule has 0 bridgehead atoms. The van der Waals surface area contributed by atoms with Gasteiger partial charge in [-0.05, 0) is 60.0 Å². The van der Waals surface area contributed by atoms with Crippen LogP contribution in [0.1, 0.15) is 44.3 Å². The smallest absolute Gasteiger partial charge is 0.332 e. The van der Waals surface area contributed by atoms with E-state index < -0.39 is 12.1 Å². The number of ether oxygens (including phenoxy) is 1. The molecule has 214 valence electrons. The van der Waals surface area contributed by atoms with E-state index in [4.69, 9.17) is 4.74 Å². The number of urea groups is 1. The van der Waals surface area contributed by atoms with Crippen LogP contribution in [0, 0.1) is 6.92 Å². The highest BCUT2D eigenvalue weighted by atomic mass is 16.5. The number of H-pyrrole nitrogens is 1. The van der Waals surface area contributed by atoms with Crippen molar-refractivity contribution in [1.82, 2.24) is 15.2 Å². The van der Waals surface area contributed by atoms with Crippen LogP contribution < -0.4 is 15.0 Å². The number of nitrogens with one attached hydrogen (secondary N) is 2. The van der Waals surface area contributed by atoms with Gasteiger partial charge in [0, 0.05) is 40.7 Å². The van der Waals surface area contributed by atoms with Crippen molar-refractivity contribution in [1.29, 1.82) is 0 Å². The van der Waals surface area contributed by atoms with Gasteiger partial charge in [-0.1, -0.05) is 60.7 Å². The van der Waals surface area contributed by atoms with Crippen molar-refractivity contribution < 1.29 is 19.1 Å². The molecule has 3 heterocycles. The molecule has 1 fully saturated rings.